The van der Waals surface area contributed by atoms with Gasteiger partial charge in [-0.2, -0.15) is 26.3 Å². The van der Waals surface area contributed by atoms with Crippen molar-refractivity contribution >= 4 is 18.5 Å². The van der Waals surface area contributed by atoms with Gasteiger partial charge in [-0.15, -0.1) is 0 Å². The summed E-state index contributed by atoms with van der Waals surface area (Å²) in [6.07, 6.45) is -11.0. The molecule has 5 rings (SSSR count). The molecule has 0 spiro atoms. The highest BCUT2D eigenvalue weighted by Crippen LogP contribution is 2.44. The number of nitrogens with zero attached hydrogens (tertiary/aromatic N) is 1. The molecular formula is C32H18F10NP. The Kier molecular flexibility index (Phi) is 8.53. The maximum absolute atomic E-state index is 15.4. The average Bonchev–Trinajstić information content (AvgIpc) is 2.96. The molecule has 4 aromatic carbocycles. The minimum absolute atomic E-state index is 0.144. The first kappa shape index (κ1) is 31.2. The second-order valence-electron chi connectivity index (χ2n) is 9.53. The summed E-state index contributed by atoms with van der Waals surface area (Å²) in [5.41, 5.74) is -8.57. The highest BCUT2D eigenvalue weighted by Gasteiger charge is 2.43. The molecule has 1 nitrogen and oxygen atoms in total. The lowest BCUT2D eigenvalue weighted by atomic mass is 9.94. The van der Waals surface area contributed by atoms with Gasteiger partial charge in [-0.3, -0.25) is 4.98 Å². The van der Waals surface area contributed by atoms with E-state index in [1.165, 1.54) is 6.07 Å². The highest BCUT2D eigenvalue weighted by atomic mass is 31.1. The number of pyridine rings is 1. The Labute approximate surface area is 245 Å². The Balaban J connectivity index is 1.68. The van der Waals surface area contributed by atoms with E-state index in [0.29, 0.717) is 17.8 Å². The number of hydrogen-bond donors (Lipinski definition) is 0. The lowest BCUT2D eigenvalue weighted by Gasteiger charge is -2.20. The van der Waals surface area contributed by atoms with Gasteiger partial charge >= 0.3 is 12.4 Å². The number of aromatic nitrogens is 1. The molecule has 0 aliphatic carbocycles. The van der Waals surface area contributed by atoms with Gasteiger partial charge in [0.25, 0.3) is 0 Å². The molecule has 226 valence electrons. The molecule has 1 aromatic heterocycles. The normalized spacial score (nSPS) is 12.2. The van der Waals surface area contributed by atoms with Crippen molar-refractivity contribution in [2.24, 2.45) is 0 Å². The zero-order chi connectivity index (χ0) is 31.8. The fraction of sp³-hybridized carbons (Fsp3) is 0.0938. The summed E-state index contributed by atoms with van der Waals surface area (Å²) in [7, 11) is -1.10. The van der Waals surface area contributed by atoms with Gasteiger partial charge < -0.3 is 0 Å². The van der Waals surface area contributed by atoms with Crippen molar-refractivity contribution < 1.29 is 43.9 Å². The van der Waals surface area contributed by atoms with Crippen LogP contribution in [0.2, 0.25) is 0 Å². The van der Waals surface area contributed by atoms with Gasteiger partial charge in [-0.05, 0) is 48.9 Å². The Bertz CT molecular complexity index is 1760. The highest BCUT2D eigenvalue weighted by molar-refractivity contribution is 7.72. The second-order valence-corrected chi connectivity index (χ2v) is 11.7. The van der Waals surface area contributed by atoms with Crippen molar-refractivity contribution in [2.75, 3.05) is 0 Å². The summed E-state index contributed by atoms with van der Waals surface area (Å²) < 4.78 is 141. The topological polar surface area (TPSA) is 12.9 Å². The van der Waals surface area contributed by atoms with E-state index in [-0.39, 0.29) is 12.2 Å². The largest absolute Gasteiger partial charge is 0.422 e. The number of alkyl halides is 6. The molecule has 0 fully saturated rings. The Hall–Kier alpha value is -4.24. The van der Waals surface area contributed by atoms with E-state index in [4.69, 9.17) is 0 Å². The predicted octanol–water partition coefficient (Wildman–Crippen LogP) is 9.64. The van der Waals surface area contributed by atoms with Gasteiger partial charge in [-0.1, -0.05) is 66.7 Å². The van der Waals surface area contributed by atoms with E-state index in [1.54, 1.807) is 6.07 Å². The van der Waals surface area contributed by atoms with Crippen molar-refractivity contribution in [1.29, 1.82) is 0 Å². The number of rotatable bonds is 6. The molecule has 44 heavy (non-hydrogen) atoms. The van der Waals surface area contributed by atoms with Crippen LogP contribution in [0.15, 0.2) is 97.1 Å². The van der Waals surface area contributed by atoms with Crippen molar-refractivity contribution in [1.82, 2.24) is 4.98 Å². The summed E-state index contributed by atoms with van der Waals surface area (Å²) in [6, 6.07) is 23.6. The van der Waals surface area contributed by atoms with Crippen LogP contribution in [0.3, 0.4) is 0 Å². The van der Waals surface area contributed by atoms with Crippen molar-refractivity contribution in [2.45, 2.75) is 18.5 Å². The van der Waals surface area contributed by atoms with Crippen LogP contribution in [0.4, 0.5) is 43.9 Å². The number of benzene rings is 4. The van der Waals surface area contributed by atoms with Crippen LogP contribution in [-0.4, -0.2) is 4.98 Å². The Morgan fingerprint density at radius 1 is 0.523 bits per heavy atom. The fourth-order valence-electron chi connectivity index (χ4n) is 4.72. The van der Waals surface area contributed by atoms with Crippen LogP contribution in [0.25, 0.3) is 22.4 Å². The Morgan fingerprint density at radius 3 is 1.59 bits per heavy atom. The first-order chi connectivity index (χ1) is 20.8. The Morgan fingerprint density at radius 2 is 1.05 bits per heavy atom. The summed E-state index contributed by atoms with van der Waals surface area (Å²) in [4.78, 5) is 4.33. The first-order valence-electron chi connectivity index (χ1n) is 12.8. The fourth-order valence-corrected chi connectivity index (χ4v) is 6.94. The molecule has 0 unspecified atom stereocenters. The molecule has 0 aliphatic heterocycles. The van der Waals surface area contributed by atoms with Crippen LogP contribution < -0.4 is 10.6 Å². The lowest BCUT2D eigenvalue weighted by Crippen LogP contribution is -2.16. The number of halogens is 10. The van der Waals surface area contributed by atoms with E-state index < -0.39 is 77.1 Å². The third kappa shape index (κ3) is 6.19. The third-order valence-electron chi connectivity index (χ3n) is 6.69. The smallest absolute Gasteiger partial charge is 0.252 e. The van der Waals surface area contributed by atoms with Gasteiger partial charge in [0.15, 0.2) is 0 Å². The lowest BCUT2D eigenvalue weighted by molar-refractivity contribution is -0.143. The van der Waals surface area contributed by atoms with Crippen LogP contribution in [-0.2, 0) is 18.5 Å². The molecule has 0 N–H and O–H groups in total. The zero-order valence-corrected chi connectivity index (χ0v) is 23.0. The molecule has 0 amide bonds. The number of hydrogen-bond acceptors (Lipinski definition) is 1. The third-order valence-corrected chi connectivity index (χ3v) is 9.17. The molecule has 12 heteroatoms. The molecule has 5 aromatic rings. The maximum atomic E-state index is 15.4. The molecule has 0 bridgehead atoms. The molecular weight excluding hydrogens is 619 g/mol. The van der Waals surface area contributed by atoms with Crippen molar-refractivity contribution in [3.05, 3.63) is 137 Å². The van der Waals surface area contributed by atoms with E-state index in [9.17, 15) is 35.1 Å². The van der Waals surface area contributed by atoms with Crippen LogP contribution >= 0.6 is 7.92 Å². The maximum Gasteiger partial charge on any atom is 0.422 e. The minimum atomic E-state index is -5.67. The van der Waals surface area contributed by atoms with E-state index in [2.05, 4.69) is 4.98 Å². The zero-order valence-electron chi connectivity index (χ0n) is 22.1. The minimum Gasteiger partial charge on any atom is -0.252 e. The summed E-state index contributed by atoms with van der Waals surface area (Å²) in [5.74, 6) is -8.85. The van der Waals surface area contributed by atoms with Gasteiger partial charge in [0.2, 0.25) is 0 Å². The van der Waals surface area contributed by atoms with Crippen molar-refractivity contribution in [3.63, 3.8) is 0 Å². The standard InChI is InChI=1S/C32H18F10NP/c33-24-15-14-21(28(34)26(24)31(37,38)39)22-16-23(30(36)27(29(22)35)32(40,41)42)25-13-7-8-18(43-25)17-44(19-9-3-1-4-10-19)20-11-5-2-6-12-20/h1-16H,17H2. The van der Waals surface area contributed by atoms with Crippen LogP contribution in [0.5, 0.6) is 0 Å². The molecule has 0 aliphatic rings. The average molecular weight is 637 g/mol. The summed E-state index contributed by atoms with van der Waals surface area (Å²) in [5, 5.41) is 1.89. The quantitative estimate of drug-likeness (QED) is 0.134. The summed E-state index contributed by atoms with van der Waals surface area (Å²) in [6.45, 7) is 0. The van der Waals surface area contributed by atoms with E-state index in [1.807, 2.05) is 60.7 Å². The van der Waals surface area contributed by atoms with Gasteiger partial charge in [0.1, 0.15) is 34.4 Å². The van der Waals surface area contributed by atoms with E-state index >= 15 is 8.78 Å². The predicted molar refractivity (Wildman–Crippen MR) is 148 cm³/mol. The second kappa shape index (κ2) is 12.0. The first-order valence-corrected chi connectivity index (χ1v) is 14.3. The monoisotopic (exact) mass is 637 g/mol. The van der Waals surface area contributed by atoms with Gasteiger partial charge in [0.05, 0.1) is 5.69 Å². The molecule has 0 saturated heterocycles. The van der Waals surface area contributed by atoms with Gasteiger partial charge in [0, 0.05) is 28.5 Å². The van der Waals surface area contributed by atoms with Crippen LogP contribution in [0, 0.1) is 23.3 Å². The molecule has 0 radical (unpaired) electrons. The SMILES string of the molecule is Fc1ccc(-c2cc(-c3cccc(CP(c4ccccc4)c4ccccc4)n3)c(F)c(C(F)(F)F)c2F)c(F)c1C(F)(F)F. The van der Waals surface area contributed by atoms with Gasteiger partial charge in [-0.25, -0.2) is 17.6 Å². The molecule has 0 atom stereocenters. The summed E-state index contributed by atoms with van der Waals surface area (Å²) >= 11 is 0. The van der Waals surface area contributed by atoms with Crippen molar-refractivity contribution in [3.8, 4) is 22.4 Å². The molecule has 1 heterocycles. The van der Waals surface area contributed by atoms with Crippen LogP contribution in [0.1, 0.15) is 16.8 Å². The molecule has 0 saturated carbocycles. The van der Waals surface area contributed by atoms with E-state index in [0.717, 1.165) is 16.7 Å².